The summed E-state index contributed by atoms with van der Waals surface area (Å²) in [7, 11) is 0. The molecule has 0 amide bonds. The predicted molar refractivity (Wildman–Crippen MR) is 42.3 cm³/mol. The Balaban J connectivity index is 2.69. The minimum Gasteiger partial charge on any atom is -0.387 e. The molecular weight excluding hydrogens is 164 g/mol. The number of imidazole rings is 1. The number of hydrogen-bond acceptors (Lipinski definition) is 4. The van der Waals surface area contributed by atoms with Crippen molar-refractivity contribution in [2.45, 2.75) is 6.92 Å². The Bertz CT molecular complexity index is 259. The van der Waals surface area contributed by atoms with Gasteiger partial charge in [-0.1, -0.05) is 0 Å². The van der Waals surface area contributed by atoms with Crippen molar-refractivity contribution < 1.29 is 8.98 Å². The van der Waals surface area contributed by atoms with E-state index in [9.17, 15) is 4.79 Å². The second-order valence-electron chi connectivity index (χ2n) is 1.92. The number of rotatable bonds is 2. The van der Waals surface area contributed by atoms with Crippen LogP contribution in [-0.2, 0) is 4.18 Å². The molecule has 0 saturated carbocycles. The monoisotopic (exact) mass is 172 g/mol. The van der Waals surface area contributed by atoms with E-state index in [2.05, 4.69) is 14.2 Å². The minimum atomic E-state index is -0.391. The molecule has 0 aliphatic heterocycles. The summed E-state index contributed by atoms with van der Waals surface area (Å²) in [4.78, 5) is 17.6. The highest BCUT2D eigenvalue weighted by Gasteiger charge is 2.08. The van der Waals surface area contributed by atoms with Crippen LogP contribution < -0.4 is 0 Å². The third kappa shape index (κ3) is 1.98. The van der Waals surface area contributed by atoms with E-state index in [-0.39, 0.29) is 0 Å². The molecule has 11 heavy (non-hydrogen) atoms. The second kappa shape index (κ2) is 3.43. The molecule has 0 aliphatic rings. The Labute approximate surface area is 68.6 Å². The van der Waals surface area contributed by atoms with Gasteiger partial charge in [-0.05, 0) is 6.92 Å². The first-order valence-corrected chi connectivity index (χ1v) is 4.15. The van der Waals surface area contributed by atoms with Gasteiger partial charge in [0.05, 0.1) is 18.2 Å². The van der Waals surface area contributed by atoms with Crippen LogP contribution in [0.25, 0.3) is 0 Å². The molecule has 1 N–H and O–H groups in total. The number of aromatic amines is 1. The van der Waals surface area contributed by atoms with Crippen molar-refractivity contribution in [2.24, 2.45) is 0 Å². The Kier molecular flexibility index (Phi) is 2.53. The number of nitrogens with one attached hydrogen (secondary N) is 1. The molecule has 0 atom stereocenters. The van der Waals surface area contributed by atoms with Crippen LogP contribution in [0.4, 0.5) is 0 Å². The lowest BCUT2D eigenvalue weighted by Gasteiger charge is -1.93. The summed E-state index contributed by atoms with van der Waals surface area (Å²) in [5.74, 6) is 0.316. The maximum absolute atomic E-state index is 10.9. The third-order valence-corrected chi connectivity index (χ3v) is 1.40. The van der Waals surface area contributed by atoms with Crippen molar-refractivity contribution in [1.82, 2.24) is 9.97 Å². The summed E-state index contributed by atoms with van der Waals surface area (Å²) >= 11 is 1.02. The van der Waals surface area contributed by atoms with Crippen molar-refractivity contribution in [3.8, 4) is 0 Å². The quantitative estimate of drug-likeness (QED) is 0.680. The molecule has 4 nitrogen and oxygen atoms in total. The Hall–Kier alpha value is -0.970. The van der Waals surface area contributed by atoms with E-state index in [0.29, 0.717) is 11.5 Å². The average molecular weight is 172 g/mol. The van der Waals surface area contributed by atoms with Gasteiger partial charge in [0.25, 0.3) is 0 Å². The Morgan fingerprint density at radius 1 is 1.82 bits per heavy atom. The Morgan fingerprint density at radius 3 is 3.00 bits per heavy atom. The molecule has 5 heteroatoms. The van der Waals surface area contributed by atoms with Crippen LogP contribution in [-0.4, -0.2) is 22.2 Å². The van der Waals surface area contributed by atoms with Crippen molar-refractivity contribution in [1.29, 1.82) is 0 Å². The highest BCUT2D eigenvalue weighted by Crippen LogP contribution is 2.03. The third-order valence-electron chi connectivity index (χ3n) is 1.08. The van der Waals surface area contributed by atoms with Crippen molar-refractivity contribution in [3.05, 3.63) is 17.7 Å². The Morgan fingerprint density at radius 2 is 2.55 bits per heavy atom. The van der Waals surface area contributed by atoms with Gasteiger partial charge < -0.3 is 9.17 Å². The molecule has 1 aromatic rings. The normalized spacial score (nSPS) is 9.64. The first-order valence-electron chi connectivity index (χ1n) is 3.00. The van der Waals surface area contributed by atoms with E-state index >= 15 is 0 Å². The number of aromatic nitrogens is 2. The fraction of sp³-hybridized carbons (Fsp3) is 0.333. The van der Waals surface area contributed by atoms with E-state index < -0.39 is 5.97 Å². The largest absolute Gasteiger partial charge is 0.387 e. The van der Waals surface area contributed by atoms with Crippen molar-refractivity contribution in [2.75, 3.05) is 6.26 Å². The zero-order chi connectivity index (χ0) is 8.27. The van der Waals surface area contributed by atoms with Gasteiger partial charge in [-0.25, -0.2) is 9.78 Å². The fourth-order valence-electron chi connectivity index (χ4n) is 0.645. The lowest BCUT2D eigenvalue weighted by molar-refractivity contribution is 0.0763. The summed E-state index contributed by atoms with van der Waals surface area (Å²) in [6.45, 7) is 1.77. The van der Waals surface area contributed by atoms with Crippen LogP contribution >= 0.6 is 12.0 Å². The number of H-pyrrole nitrogens is 1. The summed E-state index contributed by atoms with van der Waals surface area (Å²) in [6.07, 6.45) is 3.13. The molecule has 0 fully saturated rings. The number of carbonyl (C=O) groups excluding carboxylic acids is 1. The van der Waals surface area contributed by atoms with Crippen LogP contribution in [0, 0.1) is 6.92 Å². The zero-order valence-electron chi connectivity index (χ0n) is 6.25. The van der Waals surface area contributed by atoms with E-state index in [1.807, 2.05) is 0 Å². The molecule has 0 bridgehead atoms. The van der Waals surface area contributed by atoms with Gasteiger partial charge in [0.1, 0.15) is 11.5 Å². The number of nitrogens with zero attached hydrogens (tertiary/aromatic N) is 1. The van der Waals surface area contributed by atoms with E-state index in [1.54, 1.807) is 13.2 Å². The topological polar surface area (TPSA) is 55.0 Å². The number of hydrogen-bond donors (Lipinski definition) is 1. The number of aryl methyl sites for hydroxylation is 1. The maximum atomic E-state index is 10.9. The van der Waals surface area contributed by atoms with Gasteiger partial charge in [-0.3, -0.25) is 0 Å². The molecule has 1 heterocycles. The van der Waals surface area contributed by atoms with Gasteiger partial charge in [0.2, 0.25) is 0 Å². The molecular formula is C6H8N2O2S. The molecule has 0 aromatic carbocycles. The van der Waals surface area contributed by atoms with Crippen LogP contribution in [0.1, 0.15) is 16.3 Å². The SMILES string of the molecule is CSOC(=O)c1cnc(C)[nH]1. The van der Waals surface area contributed by atoms with Crippen LogP contribution in [0.3, 0.4) is 0 Å². The molecule has 0 saturated heterocycles. The second-order valence-corrected chi connectivity index (χ2v) is 2.42. The predicted octanol–water partition coefficient (Wildman–Crippen LogP) is 1.15. The van der Waals surface area contributed by atoms with Crippen LogP contribution in [0.15, 0.2) is 6.20 Å². The van der Waals surface area contributed by atoms with Crippen LogP contribution in [0.2, 0.25) is 0 Å². The zero-order valence-corrected chi connectivity index (χ0v) is 7.07. The van der Waals surface area contributed by atoms with E-state index in [4.69, 9.17) is 0 Å². The smallest absolute Gasteiger partial charge is 0.368 e. The first kappa shape index (κ1) is 8.13. The van der Waals surface area contributed by atoms with Gasteiger partial charge in [0, 0.05) is 6.26 Å². The molecule has 0 radical (unpaired) electrons. The summed E-state index contributed by atoms with van der Waals surface area (Å²) in [6, 6.07) is 0. The molecule has 0 aliphatic carbocycles. The first-order chi connectivity index (χ1) is 5.24. The van der Waals surface area contributed by atoms with E-state index in [0.717, 1.165) is 12.0 Å². The molecule has 60 valence electrons. The fourth-order valence-corrected chi connectivity index (χ4v) is 0.886. The molecule has 0 spiro atoms. The highest BCUT2D eigenvalue weighted by atomic mass is 32.2. The minimum absolute atomic E-state index is 0.386. The maximum Gasteiger partial charge on any atom is 0.368 e. The van der Waals surface area contributed by atoms with Crippen molar-refractivity contribution >= 4 is 18.0 Å². The summed E-state index contributed by atoms with van der Waals surface area (Å²) in [5.41, 5.74) is 0.386. The summed E-state index contributed by atoms with van der Waals surface area (Å²) < 4.78 is 4.65. The lowest BCUT2D eigenvalue weighted by atomic mass is 10.5. The lowest BCUT2D eigenvalue weighted by Crippen LogP contribution is -1.99. The number of carbonyl (C=O) groups is 1. The standard InChI is InChI=1S/C6H8N2O2S/c1-4-7-3-5(8-4)6(9)10-11-2/h3H,1-2H3,(H,7,8). The van der Waals surface area contributed by atoms with Crippen LogP contribution in [0.5, 0.6) is 0 Å². The van der Waals surface area contributed by atoms with E-state index in [1.165, 1.54) is 6.20 Å². The van der Waals surface area contributed by atoms with Gasteiger partial charge in [0.15, 0.2) is 0 Å². The highest BCUT2D eigenvalue weighted by molar-refractivity contribution is 7.94. The molecule has 1 aromatic heterocycles. The van der Waals surface area contributed by atoms with Crippen molar-refractivity contribution in [3.63, 3.8) is 0 Å². The molecule has 1 rings (SSSR count). The molecule has 0 unspecified atom stereocenters. The van der Waals surface area contributed by atoms with Gasteiger partial charge >= 0.3 is 5.97 Å². The summed E-state index contributed by atoms with van der Waals surface area (Å²) in [5, 5.41) is 0. The average Bonchev–Trinajstić information content (AvgIpc) is 2.36. The van der Waals surface area contributed by atoms with Gasteiger partial charge in [-0.15, -0.1) is 0 Å². The van der Waals surface area contributed by atoms with Gasteiger partial charge in [-0.2, -0.15) is 0 Å².